The lowest BCUT2D eigenvalue weighted by Crippen LogP contribution is -2.40. The minimum absolute atomic E-state index is 0.207. The Morgan fingerprint density at radius 3 is 1.64 bits per heavy atom. The Bertz CT molecular complexity index is 502. The topological polar surface area (TPSA) is 3.24 Å². The number of benzene rings is 1. The highest BCUT2D eigenvalue weighted by molar-refractivity contribution is 9.10. The van der Waals surface area contributed by atoms with Gasteiger partial charge in [0, 0.05) is 10.2 Å². The molecule has 0 spiro atoms. The van der Waals surface area contributed by atoms with Crippen LogP contribution in [0.15, 0.2) is 22.7 Å². The van der Waals surface area contributed by atoms with Crippen molar-refractivity contribution in [2.75, 3.05) is 18.0 Å². The molecule has 0 aliphatic heterocycles. The highest BCUT2D eigenvalue weighted by Gasteiger charge is 2.39. The Hall–Kier alpha value is -1.13. The van der Waals surface area contributed by atoms with Gasteiger partial charge in [-0.2, -0.15) is 39.5 Å². The Labute approximate surface area is 126 Å². The first-order valence-corrected chi connectivity index (χ1v) is 6.23. The molecular weight excluding hydrogens is 397 g/mol. The molecule has 126 valence electrons. The summed E-state index contributed by atoms with van der Waals surface area (Å²) in [5.41, 5.74) is -2.19. The molecule has 0 N–H and O–H groups in total. The number of hydrogen-bond acceptors (Lipinski definition) is 1. The minimum Gasteiger partial charge on any atom is -0.353 e. The zero-order chi connectivity index (χ0) is 17.3. The van der Waals surface area contributed by atoms with Crippen LogP contribution in [0.25, 0.3) is 0 Å². The Kier molecular flexibility index (Phi) is 5.30. The van der Waals surface area contributed by atoms with E-state index in [1.165, 1.54) is 0 Å². The SMILES string of the molecule is FC(F)(F)CN(CC(F)(F)F)c1ccc(Br)c(C(F)(F)F)c1. The van der Waals surface area contributed by atoms with Crippen LogP contribution in [0.4, 0.5) is 45.2 Å². The second kappa shape index (κ2) is 6.17. The summed E-state index contributed by atoms with van der Waals surface area (Å²) in [5.74, 6) is 0. The number of hydrogen-bond donors (Lipinski definition) is 0. The van der Waals surface area contributed by atoms with Gasteiger partial charge >= 0.3 is 18.5 Å². The summed E-state index contributed by atoms with van der Waals surface area (Å²) in [6.07, 6.45) is -14.9. The molecule has 1 aromatic carbocycles. The molecule has 0 unspecified atom stereocenters. The van der Waals surface area contributed by atoms with Crippen LogP contribution in [-0.2, 0) is 6.18 Å². The molecule has 0 saturated carbocycles. The van der Waals surface area contributed by atoms with E-state index >= 15 is 0 Å². The van der Waals surface area contributed by atoms with Gasteiger partial charge in [0.15, 0.2) is 0 Å². The van der Waals surface area contributed by atoms with Gasteiger partial charge in [0.1, 0.15) is 13.1 Å². The third-order valence-corrected chi connectivity index (χ3v) is 3.05. The van der Waals surface area contributed by atoms with Crippen LogP contribution in [0.2, 0.25) is 0 Å². The van der Waals surface area contributed by atoms with Gasteiger partial charge in [0.2, 0.25) is 0 Å². The molecule has 11 heteroatoms. The molecule has 0 atom stereocenters. The molecule has 22 heavy (non-hydrogen) atoms. The molecular formula is C11H7BrF9N. The Morgan fingerprint density at radius 1 is 0.818 bits per heavy atom. The van der Waals surface area contributed by atoms with Crippen molar-refractivity contribution in [1.82, 2.24) is 0 Å². The van der Waals surface area contributed by atoms with Crippen LogP contribution in [0, 0.1) is 0 Å². The standard InChI is InChI=1S/C11H7BrF9N/c12-8-2-1-6(3-7(8)11(19,20)21)22(4-9(13,14)15)5-10(16,17)18/h1-3H,4-5H2. The van der Waals surface area contributed by atoms with Crippen molar-refractivity contribution in [3.63, 3.8) is 0 Å². The van der Waals surface area contributed by atoms with Gasteiger partial charge in [-0.25, -0.2) is 0 Å². The first-order chi connectivity index (χ1) is 9.69. The average Bonchev–Trinajstić information content (AvgIpc) is 2.22. The molecule has 0 bridgehead atoms. The van der Waals surface area contributed by atoms with Crippen LogP contribution in [0.5, 0.6) is 0 Å². The predicted octanol–water partition coefficient (Wildman–Crippen LogP) is 5.40. The number of halogens is 10. The highest BCUT2D eigenvalue weighted by atomic mass is 79.9. The zero-order valence-corrected chi connectivity index (χ0v) is 12.0. The lowest BCUT2D eigenvalue weighted by Gasteiger charge is -2.27. The van der Waals surface area contributed by atoms with Gasteiger partial charge in [-0.1, -0.05) is 15.9 Å². The van der Waals surface area contributed by atoms with Crippen LogP contribution in [0.1, 0.15) is 5.56 Å². The summed E-state index contributed by atoms with van der Waals surface area (Å²) < 4.78 is 112. The summed E-state index contributed by atoms with van der Waals surface area (Å²) in [4.78, 5) is -0.207. The second-order valence-corrected chi connectivity index (χ2v) is 5.10. The normalized spacial score (nSPS) is 13.4. The summed E-state index contributed by atoms with van der Waals surface area (Å²) >= 11 is 2.56. The van der Waals surface area contributed by atoms with Crippen molar-refractivity contribution in [3.8, 4) is 0 Å². The van der Waals surface area contributed by atoms with Gasteiger partial charge in [-0.3, -0.25) is 0 Å². The van der Waals surface area contributed by atoms with E-state index in [4.69, 9.17) is 0 Å². The lowest BCUT2D eigenvalue weighted by atomic mass is 10.1. The van der Waals surface area contributed by atoms with E-state index in [0.29, 0.717) is 0 Å². The van der Waals surface area contributed by atoms with Crippen molar-refractivity contribution in [3.05, 3.63) is 28.2 Å². The quantitative estimate of drug-likeness (QED) is 0.611. The van der Waals surface area contributed by atoms with Crippen LogP contribution >= 0.6 is 15.9 Å². The smallest absolute Gasteiger partial charge is 0.353 e. The van der Waals surface area contributed by atoms with Crippen molar-refractivity contribution in [2.45, 2.75) is 18.5 Å². The molecule has 0 radical (unpaired) electrons. The summed E-state index contributed by atoms with van der Waals surface area (Å²) in [7, 11) is 0. The molecule has 0 aromatic heterocycles. The molecule has 1 nitrogen and oxygen atoms in total. The lowest BCUT2D eigenvalue weighted by molar-refractivity contribution is -0.138. The molecule has 0 amide bonds. The maximum Gasteiger partial charge on any atom is 0.417 e. The molecule has 1 aromatic rings. The largest absolute Gasteiger partial charge is 0.417 e. The number of rotatable bonds is 3. The van der Waals surface area contributed by atoms with E-state index in [0.717, 1.165) is 12.1 Å². The summed E-state index contributed by atoms with van der Waals surface area (Å²) in [6, 6.07) is 1.73. The number of alkyl halides is 9. The first kappa shape index (κ1) is 18.9. The molecule has 0 saturated heterocycles. The summed E-state index contributed by atoms with van der Waals surface area (Å²) in [5, 5.41) is 0. The van der Waals surface area contributed by atoms with Crippen molar-refractivity contribution in [2.24, 2.45) is 0 Å². The van der Waals surface area contributed by atoms with Crippen LogP contribution < -0.4 is 4.90 Å². The van der Waals surface area contributed by atoms with E-state index in [9.17, 15) is 39.5 Å². The Morgan fingerprint density at radius 2 is 1.27 bits per heavy atom. The van der Waals surface area contributed by atoms with Gasteiger partial charge < -0.3 is 4.90 Å². The molecule has 1 rings (SSSR count). The van der Waals surface area contributed by atoms with Gasteiger partial charge in [0.25, 0.3) is 0 Å². The fraction of sp³-hybridized carbons (Fsp3) is 0.455. The molecule has 0 aliphatic carbocycles. The third-order valence-electron chi connectivity index (χ3n) is 2.36. The van der Waals surface area contributed by atoms with Crippen molar-refractivity contribution < 1.29 is 39.5 Å². The van der Waals surface area contributed by atoms with E-state index in [2.05, 4.69) is 15.9 Å². The Balaban J connectivity index is 3.25. The number of anilines is 1. The van der Waals surface area contributed by atoms with Crippen LogP contribution in [-0.4, -0.2) is 25.4 Å². The highest BCUT2D eigenvalue weighted by Crippen LogP contribution is 2.38. The fourth-order valence-electron chi connectivity index (χ4n) is 1.60. The third kappa shape index (κ3) is 5.93. The predicted molar refractivity (Wildman–Crippen MR) is 63.5 cm³/mol. The van der Waals surface area contributed by atoms with E-state index in [1.54, 1.807) is 0 Å². The second-order valence-electron chi connectivity index (χ2n) is 4.25. The zero-order valence-electron chi connectivity index (χ0n) is 10.4. The summed E-state index contributed by atoms with van der Waals surface area (Å²) in [6.45, 7) is -4.04. The maximum absolute atomic E-state index is 12.7. The fourth-order valence-corrected chi connectivity index (χ4v) is 2.07. The monoisotopic (exact) mass is 403 g/mol. The van der Waals surface area contributed by atoms with Gasteiger partial charge in [-0.15, -0.1) is 0 Å². The molecule has 0 fully saturated rings. The van der Waals surface area contributed by atoms with E-state index in [-0.39, 0.29) is 11.0 Å². The van der Waals surface area contributed by atoms with Crippen LogP contribution in [0.3, 0.4) is 0 Å². The maximum atomic E-state index is 12.7. The molecule has 0 aliphatic rings. The molecule has 0 heterocycles. The van der Waals surface area contributed by atoms with Gasteiger partial charge in [0.05, 0.1) is 5.56 Å². The van der Waals surface area contributed by atoms with E-state index in [1.807, 2.05) is 0 Å². The first-order valence-electron chi connectivity index (χ1n) is 5.44. The van der Waals surface area contributed by atoms with Gasteiger partial charge in [-0.05, 0) is 18.2 Å². The number of nitrogens with zero attached hydrogens (tertiary/aromatic N) is 1. The average molecular weight is 404 g/mol. The minimum atomic E-state index is -5.00. The van der Waals surface area contributed by atoms with E-state index < -0.39 is 47.3 Å². The van der Waals surface area contributed by atoms with Crippen molar-refractivity contribution >= 4 is 21.6 Å². The van der Waals surface area contributed by atoms with Crippen molar-refractivity contribution in [1.29, 1.82) is 0 Å².